The molecular weight excluding hydrogens is 248 g/mol. The predicted octanol–water partition coefficient (Wildman–Crippen LogP) is 2.63. The first-order valence-corrected chi connectivity index (χ1v) is 6.89. The van der Waals surface area contributed by atoms with Gasteiger partial charge in [-0.25, -0.2) is 0 Å². The summed E-state index contributed by atoms with van der Waals surface area (Å²) in [7, 11) is 4.14. The molecule has 1 unspecified atom stereocenters. The average molecular weight is 270 g/mol. The summed E-state index contributed by atoms with van der Waals surface area (Å²) in [6.45, 7) is 1.90. The average Bonchev–Trinajstić information content (AvgIpc) is 2.46. The number of aromatic hydroxyl groups is 1. The van der Waals surface area contributed by atoms with E-state index >= 15 is 0 Å². The summed E-state index contributed by atoms with van der Waals surface area (Å²) in [5.41, 5.74) is 2.39. The molecule has 106 valence electrons. The largest absolute Gasteiger partial charge is 0.508 e. The highest BCUT2D eigenvalue weighted by Gasteiger charge is 2.13. The highest BCUT2D eigenvalue weighted by molar-refractivity contribution is 5.34. The van der Waals surface area contributed by atoms with Crippen molar-refractivity contribution in [1.29, 1.82) is 0 Å². The van der Waals surface area contributed by atoms with Gasteiger partial charge in [-0.05, 0) is 37.4 Å². The van der Waals surface area contributed by atoms with E-state index in [9.17, 15) is 5.11 Å². The van der Waals surface area contributed by atoms with Crippen LogP contribution >= 0.6 is 0 Å². The predicted molar refractivity (Wildman–Crippen MR) is 82.9 cm³/mol. The van der Waals surface area contributed by atoms with Crippen molar-refractivity contribution in [2.75, 3.05) is 27.2 Å². The lowest BCUT2D eigenvalue weighted by Crippen LogP contribution is -2.30. The van der Waals surface area contributed by atoms with Gasteiger partial charge >= 0.3 is 0 Å². The van der Waals surface area contributed by atoms with E-state index in [1.165, 1.54) is 5.56 Å². The molecule has 0 radical (unpaired) electrons. The van der Waals surface area contributed by atoms with Gasteiger partial charge in [-0.15, -0.1) is 0 Å². The molecule has 0 heterocycles. The third-order valence-electron chi connectivity index (χ3n) is 3.27. The number of nitrogens with zero attached hydrogens (tertiary/aromatic N) is 1. The monoisotopic (exact) mass is 270 g/mol. The Kier molecular flexibility index (Phi) is 5.16. The highest BCUT2D eigenvalue weighted by atomic mass is 16.3. The molecule has 0 aliphatic rings. The summed E-state index contributed by atoms with van der Waals surface area (Å²) >= 11 is 0. The van der Waals surface area contributed by atoms with Gasteiger partial charge in [0, 0.05) is 13.1 Å². The van der Waals surface area contributed by atoms with E-state index in [0.29, 0.717) is 5.75 Å². The van der Waals surface area contributed by atoms with Crippen molar-refractivity contribution >= 4 is 0 Å². The van der Waals surface area contributed by atoms with E-state index < -0.39 is 0 Å². The van der Waals surface area contributed by atoms with Crippen molar-refractivity contribution in [3.05, 3.63) is 65.7 Å². The Morgan fingerprint density at radius 3 is 2.15 bits per heavy atom. The molecule has 0 saturated carbocycles. The van der Waals surface area contributed by atoms with Crippen molar-refractivity contribution < 1.29 is 5.11 Å². The van der Waals surface area contributed by atoms with Gasteiger partial charge in [-0.1, -0.05) is 42.5 Å². The third-order valence-corrected chi connectivity index (χ3v) is 3.27. The number of hydrogen-bond acceptors (Lipinski definition) is 3. The summed E-state index contributed by atoms with van der Waals surface area (Å²) in [6, 6.07) is 17.9. The van der Waals surface area contributed by atoms with Crippen LogP contribution in [-0.4, -0.2) is 37.2 Å². The van der Waals surface area contributed by atoms with E-state index in [0.717, 1.165) is 18.7 Å². The van der Waals surface area contributed by atoms with Crippen LogP contribution in [-0.2, 0) is 0 Å². The van der Waals surface area contributed by atoms with Crippen LogP contribution in [0.2, 0.25) is 0 Å². The minimum Gasteiger partial charge on any atom is -0.508 e. The molecule has 3 nitrogen and oxygen atoms in total. The molecule has 0 aromatic heterocycles. The standard InChI is InChI=1S/C17H22N2O/c1-19(2)13-12-18-17(14-6-4-3-5-7-14)15-8-10-16(20)11-9-15/h3-11,17-18,20H,12-13H2,1-2H3. The first kappa shape index (κ1) is 14.6. The van der Waals surface area contributed by atoms with E-state index in [1.807, 2.05) is 18.2 Å². The van der Waals surface area contributed by atoms with Crippen molar-refractivity contribution in [3.8, 4) is 5.75 Å². The van der Waals surface area contributed by atoms with Crippen LogP contribution in [0.5, 0.6) is 5.75 Å². The van der Waals surface area contributed by atoms with E-state index in [1.54, 1.807) is 12.1 Å². The van der Waals surface area contributed by atoms with Crippen LogP contribution in [0, 0.1) is 0 Å². The Bertz CT molecular complexity index is 508. The maximum Gasteiger partial charge on any atom is 0.115 e. The molecule has 0 spiro atoms. The maximum absolute atomic E-state index is 9.43. The van der Waals surface area contributed by atoms with Gasteiger partial charge in [-0.3, -0.25) is 0 Å². The lowest BCUT2D eigenvalue weighted by Gasteiger charge is -2.21. The highest BCUT2D eigenvalue weighted by Crippen LogP contribution is 2.23. The minimum absolute atomic E-state index is 0.150. The van der Waals surface area contributed by atoms with E-state index in [4.69, 9.17) is 0 Å². The molecule has 0 amide bonds. The number of rotatable bonds is 6. The smallest absolute Gasteiger partial charge is 0.115 e. The van der Waals surface area contributed by atoms with Gasteiger partial charge in [0.2, 0.25) is 0 Å². The minimum atomic E-state index is 0.150. The van der Waals surface area contributed by atoms with Gasteiger partial charge in [-0.2, -0.15) is 0 Å². The van der Waals surface area contributed by atoms with Gasteiger partial charge in [0.1, 0.15) is 5.75 Å². The fourth-order valence-electron chi connectivity index (χ4n) is 2.17. The Morgan fingerprint density at radius 2 is 1.55 bits per heavy atom. The molecule has 0 aliphatic carbocycles. The Hall–Kier alpha value is -1.84. The van der Waals surface area contributed by atoms with Crippen molar-refractivity contribution in [3.63, 3.8) is 0 Å². The number of phenolic OH excluding ortho intramolecular Hbond substituents is 1. The van der Waals surface area contributed by atoms with Crippen LogP contribution in [0.15, 0.2) is 54.6 Å². The molecule has 20 heavy (non-hydrogen) atoms. The van der Waals surface area contributed by atoms with Crippen LogP contribution in [0.4, 0.5) is 0 Å². The number of nitrogens with one attached hydrogen (secondary N) is 1. The normalized spacial score (nSPS) is 12.6. The van der Waals surface area contributed by atoms with Gasteiger partial charge < -0.3 is 15.3 Å². The maximum atomic E-state index is 9.43. The molecule has 0 fully saturated rings. The molecule has 0 aliphatic heterocycles. The van der Waals surface area contributed by atoms with Crippen molar-refractivity contribution in [1.82, 2.24) is 10.2 Å². The van der Waals surface area contributed by atoms with Crippen LogP contribution in [0.25, 0.3) is 0 Å². The van der Waals surface area contributed by atoms with Crippen molar-refractivity contribution in [2.24, 2.45) is 0 Å². The molecule has 2 aromatic rings. The van der Waals surface area contributed by atoms with Crippen LogP contribution in [0.1, 0.15) is 17.2 Å². The lowest BCUT2D eigenvalue weighted by molar-refractivity contribution is 0.392. The van der Waals surface area contributed by atoms with Gasteiger partial charge in [0.15, 0.2) is 0 Å². The number of benzene rings is 2. The number of hydrogen-bond donors (Lipinski definition) is 2. The number of likely N-dealkylation sites (N-methyl/N-ethyl adjacent to an activating group) is 1. The summed E-state index contributed by atoms with van der Waals surface area (Å²) in [6.07, 6.45) is 0. The van der Waals surface area contributed by atoms with E-state index in [-0.39, 0.29) is 6.04 Å². The third kappa shape index (κ3) is 4.08. The summed E-state index contributed by atoms with van der Waals surface area (Å²) in [4.78, 5) is 2.16. The Morgan fingerprint density at radius 1 is 0.950 bits per heavy atom. The summed E-state index contributed by atoms with van der Waals surface area (Å²) in [5.74, 6) is 0.300. The molecule has 2 aromatic carbocycles. The summed E-state index contributed by atoms with van der Waals surface area (Å²) < 4.78 is 0. The second kappa shape index (κ2) is 7.08. The zero-order chi connectivity index (χ0) is 14.4. The van der Waals surface area contributed by atoms with Crippen LogP contribution in [0.3, 0.4) is 0 Å². The zero-order valence-electron chi connectivity index (χ0n) is 12.1. The number of phenols is 1. The molecule has 0 saturated heterocycles. The fraction of sp³-hybridized carbons (Fsp3) is 0.294. The van der Waals surface area contributed by atoms with Gasteiger partial charge in [0.05, 0.1) is 6.04 Å². The second-order valence-corrected chi connectivity index (χ2v) is 5.19. The lowest BCUT2D eigenvalue weighted by atomic mass is 9.98. The molecule has 2 N–H and O–H groups in total. The molecule has 1 atom stereocenters. The SMILES string of the molecule is CN(C)CCNC(c1ccccc1)c1ccc(O)cc1. The van der Waals surface area contributed by atoms with Crippen molar-refractivity contribution in [2.45, 2.75) is 6.04 Å². The first-order valence-electron chi connectivity index (χ1n) is 6.89. The van der Waals surface area contributed by atoms with Gasteiger partial charge in [0.25, 0.3) is 0 Å². The van der Waals surface area contributed by atoms with Crippen LogP contribution < -0.4 is 5.32 Å². The van der Waals surface area contributed by atoms with E-state index in [2.05, 4.69) is 48.6 Å². The molecular formula is C17H22N2O. The first-order chi connectivity index (χ1) is 9.66. The topological polar surface area (TPSA) is 35.5 Å². The Labute approximate surface area is 120 Å². The summed E-state index contributed by atoms with van der Waals surface area (Å²) in [5, 5.41) is 13.0. The Balaban J connectivity index is 2.18. The molecule has 2 rings (SSSR count). The quantitative estimate of drug-likeness (QED) is 0.847. The molecule has 3 heteroatoms. The molecule has 0 bridgehead atoms. The fourth-order valence-corrected chi connectivity index (χ4v) is 2.17. The zero-order valence-corrected chi connectivity index (χ0v) is 12.1. The second-order valence-electron chi connectivity index (χ2n) is 5.19.